The minimum absolute atomic E-state index is 0.569. The molecule has 0 aromatic rings. The highest BCUT2D eigenvalue weighted by atomic mass is 16.5. The number of nitrogens with one attached hydrogen (secondary N) is 2. The van der Waals surface area contributed by atoms with Crippen molar-refractivity contribution >= 4 is 29.8 Å². The molecule has 0 aromatic carbocycles. The van der Waals surface area contributed by atoms with Crippen molar-refractivity contribution in [1.29, 1.82) is 0 Å². The van der Waals surface area contributed by atoms with Gasteiger partial charge in [-0.1, -0.05) is 0 Å². The largest absolute Gasteiger partial charge is 0.481 e. The van der Waals surface area contributed by atoms with E-state index in [1.54, 1.807) is 0 Å². The molecule has 0 aliphatic carbocycles. The van der Waals surface area contributed by atoms with Crippen LogP contribution < -0.4 is 16.5 Å². The Kier molecular flexibility index (Phi) is 56.2. The van der Waals surface area contributed by atoms with Gasteiger partial charge in [-0.25, -0.2) is 5.48 Å². The zero-order chi connectivity index (χ0) is 24.1. The number of carboxylic acid groups (broad SMARTS) is 5. The van der Waals surface area contributed by atoms with Crippen LogP contribution in [0.15, 0.2) is 0 Å². The first-order chi connectivity index (χ1) is 12.6. The van der Waals surface area contributed by atoms with Gasteiger partial charge < -0.3 is 41.8 Å². The highest BCUT2D eigenvalue weighted by molar-refractivity contribution is 5.63. The van der Waals surface area contributed by atoms with Crippen LogP contribution in [0.25, 0.3) is 0 Å². The standard InChI is InChI=1S/C4H13N3O.5C2H4O2/c5-1-2-6-3-4-7-8;5*1-2(3)4/h6-8H,1-5H2;5*1H3,(H,3,4). The van der Waals surface area contributed by atoms with E-state index in [0.717, 1.165) is 47.7 Å². The van der Waals surface area contributed by atoms with E-state index in [4.69, 9.17) is 60.4 Å². The van der Waals surface area contributed by atoms with Crippen molar-refractivity contribution in [3.05, 3.63) is 0 Å². The van der Waals surface area contributed by atoms with E-state index in [1.165, 1.54) is 0 Å². The number of rotatable bonds is 5. The molecular formula is C14H33N3O11. The first kappa shape index (κ1) is 40.0. The molecule has 0 bridgehead atoms. The van der Waals surface area contributed by atoms with E-state index in [0.29, 0.717) is 13.1 Å². The van der Waals surface area contributed by atoms with Gasteiger partial charge in [0, 0.05) is 60.8 Å². The maximum absolute atomic E-state index is 9.00. The Morgan fingerprint density at radius 2 is 0.821 bits per heavy atom. The Morgan fingerprint density at radius 3 is 0.964 bits per heavy atom. The van der Waals surface area contributed by atoms with Gasteiger partial charge in [0.05, 0.1) is 0 Å². The quantitative estimate of drug-likeness (QED) is 0.191. The molecule has 0 unspecified atom stereocenters. The normalized spacial score (nSPS) is 7.25. The molecule has 0 fully saturated rings. The lowest BCUT2D eigenvalue weighted by Crippen LogP contribution is -2.29. The second kappa shape index (κ2) is 39.3. The van der Waals surface area contributed by atoms with E-state index >= 15 is 0 Å². The van der Waals surface area contributed by atoms with Gasteiger partial charge in [-0.2, -0.15) is 0 Å². The van der Waals surface area contributed by atoms with Gasteiger partial charge in [0.15, 0.2) is 0 Å². The van der Waals surface area contributed by atoms with Crippen molar-refractivity contribution in [2.75, 3.05) is 26.2 Å². The van der Waals surface area contributed by atoms with Crippen molar-refractivity contribution in [2.45, 2.75) is 34.6 Å². The van der Waals surface area contributed by atoms with Crippen LogP contribution in [0.4, 0.5) is 0 Å². The molecule has 0 atom stereocenters. The lowest BCUT2D eigenvalue weighted by atomic mass is 10.6. The SMILES string of the molecule is CC(=O)O.CC(=O)O.CC(=O)O.CC(=O)O.CC(=O)O.NCCNCCNO. The van der Waals surface area contributed by atoms with Gasteiger partial charge in [-0.05, 0) is 0 Å². The Hall–Kier alpha value is -2.81. The lowest BCUT2D eigenvalue weighted by molar-refractivity contribution is -0.135. The molecule has 0 heterocycles. The van der Waals surface area contributed by atoms with Crippen molar-refractivity contribution in [3.63, 3.8) is 0 Å². The fourth-order valence-electron chi connectivity index (χ4n) is 0.371. The topological polar surface area (TPSA) is 257 Å². The molecule has 0 amide bonds. The Labute approximate surface area is 162 Å². The summed E-state index contributed by atoms with van der Waals surface area (Å²) < 4.78 is 0. The Bertz CT molecular complexity index is 295. The van der Waals surface area contributed by atoms with Crippen LogP contribution in [0.2, 0.25) is 0 Å². The second-order valence-corrected chi connectivity index (χ2v) is 4.04. The highest BCUT2D eigenvalue weighted by Crippen LogP contribution is 1.52. The monoisotopic (exact) mass is 419 g/mol. The second-order valence-electron chi connectivity index (χ2n) is 4.04. The van der Waals surface area contributed by atoms with E-state index < -0.39 is 29.8 Å². The maximum Gasteiger partial charge on any atom is 0.300 e. The summed E-state index contributed by atoms with van der Waals surface area (Å²) in [4.78, 5) is 45.0. The summed E-state index contributed by atoms with van der Waals surface area (Å²) >= 11 is 0. The summed E-state index contributed by atoms with van der Waals surface area (Å²) in [5.74, 6) is -4.17. The van der Waals surface area contributed by atoms with Crippen molar-refractivity contribution in [3.8, 4) is 0 Å². The Balaban J connectivity index is -0.0000000536. The van der Waals surface area contributed by atoms with Crippen molar-refractivity contribution < 1.29 is 54.7 Å². The van der Waals surface area contributed by atoms with Crippen molar-refractivity contribution in [2.24, 2.45) is 5.73 Å². The average Bonchev–Trinajstić information content (AvgIpc) is 2.40. The summed E-state index contributed by atoms with van der Waals surface area (Å²) in [6.45, 7) is 8.20. The van der Waals surface area contributed by atoms with Gasteiger partial charge in [0.1, 0.15) is 0 Å². The molecule has 14 nitrogen and oxygen atoms in total. The van der Waals surface area contributed by atoms with E-state index in [-0.39, 0.29) is 0 Å². The van der Waals surface area contributed by atoms with Crippen LogP contribution in [0.3, 0.4) is 0 Å². The van der Waals surface area contributed by atoms with Crippen LogP contribution in [-0.2, 0) is 24.0 Å². The van der Waals surface area contributed by atoms with Gasteiger partial charge in [-0.15, -0.1) is 0 Å². The van der Waals surface area contributed by atoms with Gasteiger partial charge in [0.2, 0.25) is 0 Å². The lowest BCUT2D eigenvalue weighted by Gasteiger charge is -1.98. The molecule has 0 aliphatic heterocycles. The summed E-state index contributed by atoms with van der Waals surface area (Å²) in [7, 11) is 0. The fourth-order valence-corrected chi connectivity index (χ4v) is 0.371. The molecule has 0 rings (SSSR count). The zero-order valence-electron chi connectivity index (χ0n) is 16.6. The van der Waals surface area contributed by atoms with Crippen molar-refractivity contribution in [1.82, 2.24) is 10.8 Å². The number of aliphatic carboxylic acids is 5. The molecule has 10 N–H and O–H groups in total. The third kappa shape index (κ3) is 2380. The van der Waals surface area contributed by atoms with Crippen LogP contribution in [0.1, 0.15) is 34.6 Å². The summed E-state index contributed by atoms with van der Waals surface area (Å²) in [6, 6.07) is 0. The third-order valence-electron chi connectivity index (χ3n) is 0.735. The minimum atomic E-state index is -0.833. The minimum Gasteiger partial charge on any atom is -0.481 e. The van der Waals surface area contributed by atoms with Gasteiger partial charge >= 0.3 is 0 Å². The Morgan fingerprint density at radius 1 is 0.607 bits per heavy atom. The average molecular weight is 419 g/mol. The van der Waals surface area contributed by atoms with E-state index in [9.17, 15) is 0 Å². The van der Waals surface area contributed by atoms with E-state index in [1.807, 2.05) is 5.48 Å². The predicted octanol–water partition coefficient (Wildman–Crippen LogP) is -1.03. The first-order valence-electron chi connectivity index (χ1n) is 7.33. The summed E-state index contributed by atoms with van der Waals surface area (Å²) in [6.07, 6.45) is 0. The fraction of sp³-hybridized carbons (Fsp3) is 0.643. The number of hydrogen-bond donors (Lipinski definition) is 9. The molecule has 170 valence electrons. The van der Waals surface area contributed by atoms with Crippen LogP contribution >= 0.6 is 0 Å². The molecular weight excluding hydrogens is 386 g/mol. The zero-order valence-corrected chi connectivity index (χ0v) is 16.6. The highest BCUT2D eigenvalue weighted by Gasteiger charge is 1.80. The molecule has 0 saturated carbocycles. The molecule has 28 heavy (non-hydrogen) atoms. The number of carboxylic acids is 5. The number of hydrogen-bond acceptors (Lipinski definition) is 9. The molecule has 0 aromatic heterocycles. The molecule has 14 heteroatoms. The molecule has 0 spiro atoms. The number of nitrogens with two attached hydrogens (primary N) is 1. The number of hydroxylamine groups is 1. The molecule has 0 radical (unpaired) electrons. The van der Waals surface area contributed by atoms with E-state index in [2.05, 4.69) is 5.32 Å². The molecule has 0 aliphatic rings. The molecule has 0 saturated heterocycles. The van der Waals surface area contributed by atoms with Gasteiger partial charge in [-0.3, -0.25) is 24.0 Å². The predicted molar refractivity (Wildman–Crippen MR) is 98.3 cm³/mol. The summed E-state index contributed by atoms with van der Waals surface area (Å²) in [5.41, 5.74) is 7.19. The number of carbonyl (C=O) groups is 5. The van der Waals surface area contributed by atoms with Gasteiger partial charge in [0.25, 0.3) is 29.8 Å². The van der Waals surface area contributed by atoms with Crippen LogP contribution in [-0.4, -0.2) is 86.8 Å². The third-order valence-corrected chi connectivity index (χ3v) is 0.735. The first-order valence-corrected chi connectivity index (χ1v) is 7.33. The van der Waals surface area contributed by atoms with Crippen LogP contribution in [0, 0.1) is 0 Å². The smallest absolute Gasteiger partial charge is 0.300 e. The summed E-state index contributed by atoms with van der Waals surface area (Å²) in [5, 5.41) is 48.1. The van der Waals surface area contributed by atoms with Crippen LogP contribution in [0.5, 0.6) is 0 Å². The maximum atomic E-state index is 9.00.